The van der Waals surface area contributed by atoms with Crippen LogP contribution in [-0.2, 0) is 0 Å². The molecule has 0 aliphatic heterocycles. The molecule has 0 radical (unpaired) electrons. The molecule has 4 aromatic rings. The SMILES string of the molecule is COc1ccccc1-c1csc(NC(=O)c2c(C)nn(-c3ccc(F)cc3)c2C)n1. The van der Waals surface area contributed by atoms with E-state index in [-0.39, 0.29) is 11.7 Å². The van der Waals surface area contributed by atoms with Gasteiger partial charge < -0.3 is 4.74 Å². The summed E-state index contributed by atoms with van der Waals surface area (Å²) in [6.07, 6.45) is 0. The molecule has 1 N–H and O–H groups in total. The first-order valence-electron chi connectivity index (χ1n) is 9.20. The molecular formula is C22H19FN4O2S. The molecule has 2 aromatic carbocycles. The number of aryl methyl sites for hydroxylation is 1. The summed E-state index contributed by atoms with van der Waals surface area (Å²) in [5.74, 6) is 0.0973. The number of nitrogens with one attached hydrogen (secondary N) is 1. The molecule has 6 nitrogen and oxygen atoms in total. The Labute approximate surface area is 177 Å². The first-order valence-corrected chi connectivity index (χ1v) is 10.1. The van der Waals surface area contributed by atoms with Crippen molar-refractivity contribution in [2.24, 2.45) is 0 Å². The van der Waals surface area contributed by atoms with Crippen molar-refractivity contribution in [1.82, 2.24) is 14.8 Å². The van der Waals surface area contributed by atoms with Gasteiger partial charge in [0.15, 0.2) is 5.13 Å². The van der Waals surface area contributed by atoms with Gasteiger partial charge in [-0.2, -0.15) is 5.10 Å². The Balaban J connectivity index is 1.59. The van der Waals surface area contributed by atoms with E-state index in [1.54, 1.807) is 37.8 Å². The van der Waals surface area contributed by atoms with E-state index in [1.807, 2.05) is 29.6 Å². The highest BCUT2D eigenvalue weighted by Crippen LogP contribution is 2.32. The molecule has 0 saturated heterocycles. The van der Waals surface area contributed by atoms with Crippen molar-refractivity contribution in [2.45, 2.75) is 13.8 Å². The third kappa shape index (κ3) is 3.69. The van der Waals surface area contributed by atoms with Crippen LogP contribution in [0.2, 0.25) is 0 Å². The maximum Gasteiger partial charge on any atom is 0.261 e. The van der Waals surface area contributed by atoms with E-state index >= 15 is 0 Å². The highest BCUT2D eigenvalue weighted by Gasteiger charge is 2.21. The molecule has 0 unspecified atom stereocenters. The van der Waals surface area contributed by atoms with Crippen LogP contribution in [-0.4, -0.2) is 27.8 Å². The van der Waals surface area contributed by atoms with Crippen LogP contribution in [0.25, 0.3) is 16.9 Å². The zero-order valence-corrected chi connectivity index (χ0v) is 17.5. The molecule has 0 saturated carbocycles. The Morgan fingerprint density at radius 3 is 2.60 bits per heavy atom. The Kier molecular flexibility index (Phi) is 5.33. The molecule has 0 bridgehead atoms. The maximum atomic E-state index is 13.2. The number of benzene rings is 2. The molecule has 0 aliphatic rings. The molecule has 4 rings (SSSR count). The van der Waals surface area contributed by atoms with Crippen LogP contribution >= 0.6 is 11.3 Å². The summed E-state index contributed by atoms with van der Waals surface area (Å²) in [6, 6.07) is 13.5. The molecule has 2 heterocycles. The Morgan fingerprint density at radius 1 is 1.13 bits per heavy atom. The van der Waals surface area contributed by atoms with Crippen molar-refractivity contribution in [2.75, 3.05) is 12.4 Å². The van der Waals surface area contributed by atoms with E-state index < -0.39 is 0 Å². The minimum atomic E-state index is -0.326. The van der Waals surface area contributed by atoms with E-state index in [9.17, 15) is 9.18 Å². The number of hydrogen-bond donors (Lipinski definition) is 1. The average Bonchev–Trinajstić information content (AvgIpc) is 3.32. The van der Waals surface area contributed by atoms with Gasteiger partial charge in [-0.1, -0.05) is 12.1 Å². The van der Waals surface area contributed by atoms with Crippen molar-refractivity contribution in [3.63, 3.8) is 0 Å². The lowest BCUT2D eigenvalue weighted by molar-refractivity contribution is 0.102. The molecular weight excluding hydrogens is 403 g/mol. The Bertz CT molecular complexity index is 1210. The topological polar surface area (TPSA) is 69.0 Å². The van der Waals surface area contributed by atoms with Gasteiger partial charge in [-0.25, -0.2) is 14.1 Å². The number of nitrogens with zero attached hydrogens (tertiary/aromatic N) is 3. The van der Waals surface area contributed by atoms with Gasteiger partial charge in [-0.15, -0.1) is 11.3 Å². The molecule has 0 atom stereocenters. The van der Waals surface area contributed by atoms with Crippen LogP contribution in [0.3, 0.4) is 0 Å². The van der Waals surface area contributed by atoms with Gasteiger partial charge in [0, 0.05) is 10.9 Å². The fraction of sp³-hybridized carbons (Fsp3) is 0.136. The number of rotatable bonds is 5. The minimum Gasteiger partial charge on any atom is -0.496 e. The van der Waals surface area contributed by atoms with Crippen LogP contribution in [0.4, 0.5) is 9.52 Å². The Hall–Kier alpha value is -3.52. The van der Waals surface area contributed by atoms with E-state index in [1.165, 1.54) is 23.5 Å². The fourth-order valence-corrected chi connectivity index (χ4v) is 3.98. The first kappa shape index (κ1) is 19.8. The molecule has 2 aromatic heterocycles. The normalized spacial score (nSPS) is 10.8. The summed E-state index contributed by atoms with van der Waals surface area (Å²) in [5, 5.41) is 9.65. The van der Waals surface area contributed by atoms with Gasteiger partial charge in [0.2, 0.25) is 0 Å². The van der Waals surface area contributed by atoms with Crippen LogP contribution in [0.1, 0.15) is 21.7 Å². The number of carbonyl (C=O) groups is 1. The lowest BCUT2D eigenvalue weighted by atomic mass is 10.1. The highest BCUT2D eigenvalue weighted by atomic mass is 32.1. The van der Waals surface area contributed by atoms with Gasteiger partial charge in [-0.3, -0.25) is 10.1 Å². The fourth-order valence-electron chi connectivity index (χ4n) is 3.28. The number of halogens is 1. The maximum absolute atomic E-state index is 13.2. The lowest BCUT2D eigenvalue weighted by Gasteiger charge is -2.06. The number of ether oxygens (including phenoxy) is 1. The number of carbonyl (C=O) groups excluding carboxylic acids is 1. The molecule has 0 fully saturated rings. The predicted octanol–water partition coefficient (Wildman–Crippen LogP) is 5.01. The van der Waals surface area contributed by atoms with Crippen molar-refractivity contribution >= 4 is 22.4 Å². The number of methoxy groups -OCH3 is 1. The van der Waals surface area contributed by atoms with Gasteiger partial charge in [0.05, 0.1) is 35.4 Å². The van der Waals surface area contributed by atoms with E-state index in [0.29, 0.717) is 33.5 Å². The summed E-state index contributed by atoms with van der Waals surface area (Å²) in [6.45, 7) is 3.57. The largest absolute Gasteiger partial charge is 0.496 e. The first-order chi connectivity index (χ1) is 14.5. The standard InChI is InChI=1S/C22H19FN4O2S/c1-13-20(14(2)27(26-13)16-10-8-15(23)9-11-16)21(28)25-22-24-18(12-30-22)17-6-4-5-7-19(17)29-3/h4-12H,1-3H3,(H,24,25,28). The van der Waals surface area contributed by atoms with Gasteiger partial charge in [-0.05, 0) is 50.2 Å². The summed E-state index contributed by atoms with van der Waals surface area (Å²) in [5.41, 5.74) is 3.97. The highest BCUT2D eigenvalue weighted by molar-refractivity contribution is 7.14. The smallest absolute Gasteiger partial charge is 0.261 e. The third-order valence-corrected chi connectivity index (χ3v) is 5.45. The summed E-state index contributed by atoms with van der Waals surface area (Å²) < 4.78 is 20.2. The monoisotopic (exact) mass is 422 g/mol. The number of thiazole rings is 1. The van der Waals surface area contributed by atoms with Gasteiger partial charge >= 0.3 is 0 Å². The third-order valence-electron chi connectivity index (χ3n) is 4.70. The average molecular weight is 422 g/mol. The van der Waals surface area contributed by atoms with Crippen LogP contribution in [0.15, 0.2) is 53.9 Å². The van der Waals surface area contributed by atoms with Crippen molar-refractivity contribution in [3.8, 4) is 22.7 Å². The number of hydrogen-bond acceptors (Lipinski definition) is 5. The quantitative estimate of drug-likeness (QED) is 0.491. The zero-order valence-electron chi connectivity index (χ0n) is 16.6. The summed E-state index contributed by atoms with van der Waals surface area (Å²) in [4.78, 5) is 17.5. The van der Waals surface area contributed by atoms with Crippen LogP contribution in [0.5, 0.6) is 5.75 Å². The number of amides is 1. The number of para-hydroxylation sites is 1. The molecule has 8 heteroatoms. The van der Waals surface area contributed by atoms with Crippen molar-refractivity contribution < 1.29 is 13.9 Å². The second-order valence-electron chi connectivity index (χ2n) is 6.63. The Morgan fingerprint density at radius 2 is 1.87 bits per heavy atom. The summed E-state index contributed by atoms with van der Waals surface area (Å²) in [7, 11) is 1.61. The number of anilines is 1. The molecule has 0 aliphatic carbocycles. The zero-order chi connectivity index (χ0) is 21.3. The van der Waals surface area contributed by atoms with Crippen LogP contribution in [0, 0.1) is 19.7 Å². The minimum absolute atomic E-state index is 0.292. The molecule has 1 amide bonds. The summed E-state index contributed by atoms with van der Waals surface area (Å²) >= 11 is 1.34. The predicted molar refractivity (Wildman–Crippen MR) is 115 cm³/mol. The number of aromatic nitrogens is 3. The van der Waals surface area contributed by atoms with Crippen molar-refractivity contribution in [3.05, 3.63) is 76.7 Å². The molecule has 152 valence electrons. The van der Waals surface area contributed by atoms with Gasteiger partial charge in [0.25, 0.3) is 5.91 Å². The lowest BCUT2D eigenvalue weighted by Crippen LogP contribution is -2.14. The van der Waals surface area contributed by atoms with Crippen molar-refractivity contribution in [1.29, 1.82) is 0 Å². The van der Waals surface area contributed by atoms with Crippen LogP contribution < -0.4 is 10.1 Å². The van der Waals surface area contributed by atoms with E-state index in [0.717, 1.165) is 11.3 Å². The second-order valence-corrected chi connectivity index (χ2v) is 7.48. The second kappa shape index (κ2) is 8.08. The van der Waals surface area contributed by atoms with Gasteiger partial charge in [0.1, 0.15) is 11.6 Å². The molecule has 0 spiro atoms. The molecule has 30 heavy (non-hydrogen) atoms. The van der Waals surface area contributed by atoms with E-state index in [4.69, 9.17) is 4.74 Å². The van der Waals surface area contributed by atoms with E-state index in [2.05, 4.69) is 15.4 Å².